The molecule has 0 atom stereocenters. The quantitative estimate of drug-likeness (QED) is 0.830. The zero-order chi connectivity index (χ0) is 15.0. The second kappa shape index (κ2) is 5.52. The van der Waals surface area contributed by atoms with Crippen molar-refractivity contribution in [3.05, 3.63) is 23.2 Å². The minimum absolute atomic E-state index is 0.0194. The predicted octanol–water partition coefficient (Wildman–Crippen LogP) is 1.85. The molecule has 0 aromatic heterocycles. The van der Waals surface area contributed by atoms with E-state index < -0.39 is 15.6 Å². The monoisotopic (exact) mass is 318 g/mol. The van der Waals surface area contributed by atoms with Crippen LogP contribution in [0.15, 0.2) is 23.1 Å². The maximum atomic E-state index is 12.5. The summed E-state index contributed by atoms with van der Waals surface area (Å²) in [5, 5.41) is 10.7. The van der Waals surface area contributed by atoms with Gasteiger partial charge in [-0.25, -0.2) is 8.42 Å². The number of sulfonamides is 1. The Balaban J connectivity index is 2.25. The maximum absolute atomic E-state index is 12.5. The van der Waals surface area contributed by atoms with E-state index in [-0.39, 0.29) is 17.1 Å². The topological polar surface area (TPSA) is 83.6 Å². The fourth-order valence-electron chi connectivity index (χ4n) is 2.61. The molecular weight excluding hydrogens is 300 g/mol. The van der Waals surface area contributed by atoms with Crippen molar-refractivity contribution in [3.63, 3.8) is 0 Å². The number of hydrogen-bond acceptors (Lipinski definition) is 4. The van der Waals surface area contributed by atoms with Gasteiger partial charge in [-0.05, 0) is 31.0 Å². The summed E-state index contributed by atoms with van der Waals surface area (Å²) in [5.74, 6) is 0. The molecule has 3 N–H and O–H groups in total. The van der Waals surface area contributed by atoms with Crippen LogP contribution in [0.1, 0.15) is 25.7 Å². The van der Waals surface area contributed by atoms with Gasteiger partial charge in [0.1, 0.15) is 4.90 Å². The fraction of sp³-hybridized carbons (Fsp3) is 0.538. The van der Waals surface area contributed by atoms with Gasteiger partial charge in [-0.15, -0.1) is 0 Å². The highest BCUT2D eigenvalue weighted by Crippen LogP contribution is 2.32. The highest BCUT2D eigenvalue weighted by molar-refractivity contribution is 7.89. The van der Waals surface area contributed by atoms with E-state index in [9.17, 15) is 13.5 Å². The molecule has 1 saturated carbocycles. The Kier molecular flexibility index (Phi) is 4.30. The first-order valence-electron chi connectivity index (χ1n) is 6.48. The third-order valence-electron chi connectivity index (χ3n) is 3.71. The first kappa shape index (κ1) is 15.6. The lowest BCUT2D eigenvalue weighted by Crippen LogP contribution is -2.42. The van der Waals surface area contributed by atoms with Gasteiger partial charge in [0.25, 0.3) is 0 Å². The number of nitrogens with two attached hydrogens (primary N) is 1. The predicted molar refractivity (Wildman–Crippen MR) is 79.1 cm³/mol. The third-order valence-corrected chi connectivity index (χ3v) is 5.82. The first-order valence-corrected chi connectivity index (χ1v) is 8.30. The summed E-state index contributed by atoms with van der Waals surface area (Å²) in [7, 11) is -2.26. The van der Waals surface area contributed by atoms with Crippen LogP contribution in [-0.2, 0) is 10.0 Å². The van der Waals surface area contributed by atoms with Gasteiger partial charge in [0, 0.05) is 18.6 Å². The summed E-state index contributed by atoms with van der Waals surface area (Å²) < 4.78 is 26.1. The van der Waals surface area contributed by atoms with Crippen LogP contribution in [0.4, 0.5) is 5.69 Å². The van der Waals surface area contributed by atoms with Gasteiger partial charge < -0.3 is 10.8 Å². The zero-order valence-corrected chi connectivity index (χ0v) is 12.9. The third kappa shape index (κ3) is 3.09. The fourth-order valence-corrected chi connectivity index (χ4v) is 4.14. The zero-order valence-electron chi connectivity index (χ0n) is 11.3. The number of nitrogens with zero attached hydrogens (tertiary/aromatic N) is 1. The number of aliphatic hydroxyl groups is 1. The van der Waals surface area contributed by atoms with Crippen molar-refractivity contribution >= 4 is 27.3 Å². The SMILES string of the molecule is CN(CC1(O)CCCC1)S(=O)(=O)c1ccc(Cl)cc1N. The lowest BCUT2D eigenvalue weighted by atomic mass is 10.0. The van der Waals surface area contributed by atoms with E-state index in [1.807, 2.05) is 0 Å². The second-order valence-corrected chi connectivity index (χ2v) is 7.82. The van der Waals surface area contributed by atoms with E-state index in [1.54, 1.807) is 0 Å². The van der Waals surface area contributed by atoms with E-state index in [0.717, 1.165) is 17.1 Å². The van der Waals surface area contributed by atoms with Gasteiger partial charge in [0.05, 0.1) is 11.3 Å². The summed E-state index contributed by atoms with van der Waals surface area (Å²) in [6.07, 6.45) is 3.10. The number of nitrogen functional groups attached to an aromatic ring is 1. The van der Waals surface area contributed by atoms with Crippen LogP contribution in [-0.4, -0.2) is 37.0 Å². The molecule has 0 aliphatic heterocycles. The molecule has 20 heavy (non-hydrogen) atoms. The number of halogens is 1. The molecule has 5 nitrogen and oxygen atoms in total. The second-order valence-electron chi connectivity index (χ2n) is 5.37. The lowest BCUT2D eigenvalue weighted by molar-refractivity contribution is 0.0333. The average Bonchev–Trinajstić information content (AvgIpc) is 2.75. The minimum atomic E-state index is -3.72. The Hall–Kier alpha value is -0.820. The van der Waals surface area contributed by atoms with E-state index in [4.69, 9.17) is 17.3 Å². The molecule has 7 heteroatoms. The highest BCUT2D eigenvalue weighted by atomic mass is 35.5. The Labute approximate surface area is 124 Å². The Morgan fingerprint density at radius 2 is 2.00 bits per heavy atom. The van der Waals surface area contributed by atoms with Crippen molar-refractivity contribution in [2.75, 3.05) is 19.3 Å². The van der Waals surface area contributed by atoms with Crippen molar-refractivity contribution in [2.24, 2.45) is 0 Å². The molecule has 0 saturated heterocycles. The van der Waals surface area contributed by atoms with Gasteiger partial charge in [-0.2, -0.15) is 4.31 Å². The van der Waals surface area contributed by atoms with Gasteiger partial charge in [-0.3, -0.25) is 0 Å². The molecule has 1 fully saturated rings. The molecule has 2 rings (SSSR count). The summed E-state index contributed by atoms with van der Waals surface area (Å²) in [6.45, 7) is 0.0808. The smallest absolute Gasteiger partial charge is 0.244 e. The Morgan fingerprint density at radius 1 is 1.40 bits per heavy atom. The van der Waals surface area contributed by atoms with Crippen LogP contribution in [0.5, 0.6) is 0 Å². The summed E-state index contributed by atoms with van der Waals surface area (Å²) in [4.78, 5) is 0.0194. The number of rotatable bonds is 4. The van der Waals surface area contributed by atoms with Crippen LogP contribution in [0, 0.1) is 0 Å². The van der Waals surface area contributed by atoms with E-state index in [0.29, 0.717) is 17.9 Å². The van der Waals surface area contributed by atoms with Crippen molar-refractivity contribution in [3.8, 4) is 0 Å². The molecule has 1 aliphatic carbocycles. The minimum Gasteiger partial charge on any atom is -0.398 e. The number of anilines is 1. The Morgan fingerprint density at radius 3 is 2.55 bits per heavy atom. The maximum Gasteiger partial charge on any atom is 0.244 e. The van der Waals surface area contributed by atoms with E-state index in [1.165, 1.54) is 25.2 Å². The number of likely N-dealkylation sites (N-methyl/N-ethyl adjacent to an activating group) is 1. The Bertz CT molecular complexity index is 598. The van der Waals surface area contributed by atoms with Crippen LogP contribution in [0.3, 0.4) is 0 Å². The van der Waals surface area contributed by atoms with Gasteiger partial charge in [0.15, 0.2) is 0 Å². The standard InChI is InChI=1S/C13H19ClN2O3S/c1-16(9-13(17)6-2-3-7-13)20(18,19)12-5-4-10(14)8-11(12)15/h4-5,8,17H,2-3,6-7,9,15H2,1H3. The van der Waals surface area contributed by atoms with Crippen molar-refractivity contribution in [2.45, 2.75) is 36.2 Å². The van der Waals surface area contributed by atoms with E-state index >= 15 is 0 Å². The normalized spacial score (nSPS) is 18.6. The molecular formula is C13H19ClN2O3S. The lowest BCUT2D eigenvalue weighted by Gasteiger charge is -2.28. The first-order chi connectivity index (χ1) is 9.24. The molecule has 0 unspecified atom stereocenters. The average molecular weight is 319 g/mol. The van der Waals surface area contributed by atoms with Crippen LogP contribution in [0.2, 0.25) is 5.02 Å². The number of hydrogen-bond donors (Lipinski definition) is 2. The van der Waals surface area contributed by atoms with Crippen LogP contribution in [0.25, 0.3) is 0 Å². The van der Waals surface area contributed by atoms with Gasteiger partial charge >= 0.3 is 0 Å². The van der Waals surface area contributed by atoms with Gasteiger partial charge in [0.2, 0.25) is 10.0 Å². The molecule has 1 aromatic rings. The molecule has 1 aromatic carbocycles. The molecule has 1 aliphatic rings. The summed E-state index contributed by atoms with van der Waals surface area (Å²) in [6, 6.07) is 4.29. The highest BCUT2D eigenvalue weighted by Gasteiger charge is 2.36. The molecule has 0 heterocycles. The molecule has 0 spiro atoms. The number of benzene rings is 1. The van der Waals surface area contributed by atoms with Crippen LogP contribution < -0.4 is 5.73 Å². The summed E-state index contributed by atoms with van der Waals surface area (Å²) in [5.41, 5.74) is 4.92. The van der Waals surface area contributed by atoms with Crippen molar-refractivity contribution < 1.29 is 13.5 Å². The van der Waals surface area contributed by atoms with Crippen molar-refractivity contribution in [1.82, 2.24) is 4.31 Å². The van der Waals surface area contributed by atoms with E-state index in [2.05, 4.69) is 0 Å². The molecule has 0 bridgehead atoms. The molecule has 112 valence electrons. The summed E-state index contributed by atoms with van der Waals surface area (Å²) >= 11 is 5.78. The largest absolute Gasteiger partial charge is 0.398 e. The van der Waals surface area contributed by atoms with Gasteiger partial charge in [-0.1, -0.05) is 24.4 Å². The molecule has 0 radical (unpaired) electrons. The molecule has 0 amide bonds. The van der Waals surface area contributed by atoms with Crippen LogP contribution >= 0.6 is 11.6 Å². The van der Waals surface area contributed by atoms with Crippen molar-refractivity contribution in [1.29, 1.82) is 0 Å².